The first-order valence-electron chi connectivity index (χ1n) is 6.21. The van der Waals surface area contributed by atoms with Crippen LogP contribution in [0, 0.1) is 5.92 Å². The van der Waals surface area contributed by atoms with E-state index in [2.05, 4.69) is 50.6 Å². The van der Waals surface area contributed by atoms with Crippen molar-refractivity contribution in [2.45, 2.75) is 52.2 Å². The predicted molar refractivity (Wildman–Crippen MR) is 67.1 cm³/mol. The molecular formula is C13H26N2. The van der Waals surface area contributed by atoms with E-state index in [0.717, 1.165) is 19.0 Å². The molecule has 1 rings (SSSR count). The lowest BCUT2D eigenvalue weighted by molar-refractivity contribution is 0.0997. The van der Waals surface area contributed by atoms with Crippen molar-refractivity contribution < 1.29 is 0 Å². The topological polar surface area (TPSA) is 15.3 Å². The minimum Gasteiger partial charge on any atom is -0.311 e. The summed E-state index contributed by atoms with van der Waals surface area (Å²) in [5, 5.41) is 3.65. The summed E-state index contributed by atoms with van der Waals surface area (Å²) in [5.74, 6) is 0.761. The monoisotopic (exact) mass is 210 g/mol. The van der Waals surface area contributed by atoms with Gasteiger partial charge in [0.1, 0.15) is 0 Å². The third kappa shape index (κ3) is 3.05. The fourth-order valence-corrected chi connectivity index (χ4v) is 2.28. The predicted octanol–water partition coefficient (Wildman–Crippen LogP) is 2.27. The van der Waals surface area contributed by atoms with Crippen LogP contribution in [0.1, 0.15) is 34.1 Å². The van der Waals surface area contributed by atoms with E-state index in [1.54, 1.807) is 0 Å². The van der Waals surface area contributed by atoms with Crippen molar-refractivity contribution in [3.63, 3.8) is 0 Å². The van der Waals surface area contributed by atoms with Gasteiger partial charge in [0.25, 0.3) is 0 Å². The van der Waals surface area contributed by atoms with Crippen LogP contribution in [0.2, 0.25) is 0 Å². The first-order valence-corrected chi connectivity index (χ1v) is 6.21. The molecule has 0 aliphatic carbocycles. The van der Waals surface area contributed by atoms with Crippen LogP contribution < -0.4 is 5.32 Å². The molecule has 2 nitrogen and oxygen atoms in total. The van der Waals surface area contributed by atoms with Gasteiger partial charge in [-0.3, -0.25) is 4.90 Å². The summed E-state index contributed by atoms with van der Waals surface area (Å²) in [7, 11) is 0. The van der Waals surface area contributed by atoms with Crippen LogP contribution >= 0.6 is 0 Å². The van der Waals surface area contributed by atoms with E-state index >= 15 is 0 Å². The van der Waals surface area contributed by atoms with Gasteiger partial charge in [-0.2, -0.15) is 0 Å². The van der Waals surface area contributed by atoms with Gasteiger partial charge >= 0.3 is 0 Å². The van der Waals surface area contributed by atoms with Crippen LogP contribution in [0.3, 0.4) is 0 Å². The highest BCUT2D eigenvalue weighted by molar-refractivity contribution is 4.93. The van der Waals surface area contributed by atoms with Crippen LogP contribution in [0.25, 0.3) is 0 Å². The molecule has 2 heteroatoms. The average Bonchev–Trinajstić information content (AvgIpc) is 2.27. The highest BCUT2D eigenvalue weighted by Gasteiger charge is 2.29. The first kappa shape index (κ1) is 12.7. The number of hydrogen-bond acceptors (Lipinski definition) is 2. The Bertz CT molecular complexity index is 203. The quantitative estimate of drug-likeness (QED) is 0.716. The molecular weight excluding hydrogens is 184 g/mol. The van der Waals surface area contributed by atoms with Crippen LogP contribution in [0.15, 0.2) is 12.7 Å². The molecule has 0 spiro atoms. The molecule has 1 N–H and O–H groups in total. The van der Waals surface area contributed by atoms with Gasteiger partial charge < -0.3 is 5.32 Å². The van der Waals surface area contributed by atoms with Crippen LogP contribution in [-0.2, 0) is 0 Å². The Morgan fingerprint density at radius 3 is 2.73 bits per heavy atom. The lowest BCUT2D eigenvalue weighted by Crippen LogP contribution is -2.59. The second-order valence-electron chi connectivity index (χ2n) is 4.92. The maximum absolute atomic E-state index is 3.90. The van der Waals surface area contributed by atoms with E-state index in [0.29, 0.717) is 18.1 Å². The molecule has 88 valence electrons. The Morgan fingerprint density at radius 2 is 2.20 bits per heavy atom. The lowest BCUT2D eigenvalue weighted by Gasteiger charge is -2.43. The third-order valence-corrected chi connectivity index (χ3v) is 3.84. The lowest BCUT2D eigenvalue weighted by atomic mass is 9.95. The minimum atomic E-state index is 0.494. The molecule has 0 aromatic carbocycles. The van der Waals surface area contributed by atoms with Crippen molar-refractivity contribution in [2.75, 3.05) is 13.1 Å². The minimum absolute atomic E-state index is 0.494. The van der Waals surface area contributed by atoms with Crippen LogP contribution in [-0.4, -0.2) is 36.1 Å². The highest BCUT2D eigenvalue weighted by Crippen LogP contribution is 2.17. The first-order chi connectivity index (χ1) is 7.10. The standard InChI is InChI=1S/C13H26N2/c1-6-10(3)13-9-15(11(4)7-2)12(5)8-14-13/h7,10-14H,2,6,8-9H2,1,3-5H3. The van der Waals surface area contributed by atoms with Gasteiger partial charge in [0, 0.05) is 31.2 Å². The van der Waals surface area contributed by atoms with E-state index in [1.807, 2.05) is 0 Å². The molecule has 1 aliphatic heterocycles. The van der Waals surface area contributed by atoms with E-state index in [1.165, 1.54) is 6.42 Å². The van der Waals surface area contributed by atoms with E-state index < -0.39 is 0 Å². The molecule has 1 heterocycles. The fourth-order valence-electron chi connectivity index (χ4n) is 2.28. The molecule has 0 amide bonds. The average molecular weight is 210 g/mol. The fraction of sp³-hybridized carbons (Fsp3) is 0.846. The van der Waals surface area contributed by atoms with Gasteiger partial charge in [-0.25, -0.2) is 0 Å². The Balaban J connectivity index is 2.59. The number of piperazine rings is 1. The zero-order chi connectivity index (χ0) is 11.4. The van der Waals surface area contributed by atoms with E-state index in [9.17, 15) is 0 Å². The van der Waals surface area contributed by atoms with Crippen molar-refractivity contribution in [1.29, 1.82) is 0 Å². The summed E-state index contributed by atoms with van der Waals surface area (Å²) in [6, 6.07) is 1.76. The summed E-state index contributed by atoms with van der Waals surface area (Å²) in [6.07, 6.45) is 3.30. The summed E-state index contributed by atoms with van der Waals surface area (Å²) in [4.78, 5) is 2.56. The maximum atomic E-state index is 3.90. The number of nitrogens with one attached hydrogen (secondary N) is 1. The zero-order valence-electron chi connectivity index (χ0n) is 10.7. The number of rotatable bonds is 4. The molecule has 15 heavy (non-hydrogen) atoms. The van der Waals surface area contributed by atoms with Gasteiger partial charge in [0.05, 0.1) is 0 Å². The number of hydrogen-bond donors (Lipinski definition) is 1. The smallest absolute Gasteiger partial charge is 0.0251 e. The van der Waals surface area contributed by atoms with Crippen molar-refractivity contribution in [1.82, 2.24) is 10.2 Å². The van der Waals surface area contributed by atoms with Gasteiger partial charge in [-0.15, -0.1) is 6.58 Å². The van der Waals surface area contributed by atoms with Crippen molar-refractivity contribution in [2.24, 2.45) is 5.92 Å². The summed E-state index contributed by atoms with van der Waals surface area (Å²) < 4.78 is 0. The van der Waals surface area contributed by atoms with Gasteiger partial charge in [-0.05, 0) is 19.8 Å². The van der Waals surface area contributed by atoms with Crippen molar-refractivity contribution >= 4 is 0 Å². The Labute approximate surface area is 94.7 Å². The second-order valence-corrected chi connectivity index (χ2v) is 4.92. The molecule has 1 saturated heterocycles. The molecule has 0 aromatic rings. The summed E-state index contributed by atoms with van der Waals surface area (Å²) in [6.45, 7) is 15.3. The van der Waals surface area contributed by atoms with Gasteiger partial charge in [0.2, 0.25) is 0 Å². The van der Waals surface area contributed by atoms with Crippen molar-refractivity contribution in [3.8, 4) is 0 Å². The number of nitrogens with zero attached hydrogens (tertiary/aromatic N) is 1. The molecule has 0 saturated carbocycles. The van der Waals surface area contributed by atoms with Crippen molar-refractivity contribution in [3.05, 3.63) is 12.7 Å². The van der Waals surface area contributed by atoms with Gasteiger partial charge in [-0.1, -0.05) is 26.3 Å². The molecule has 0 bridgehead atoms. The summed E-state index contributed by atoms with van der Waals surface area (Å²) in [5.41, 5.74) is 0. The molecule has 4 atom stereocenters. The molecule has 0 aromatic heterocycles. The normalized spacial score (nSPS) is 32.3. The summed E-state index contributed by atoms with van der Waals surface area (Å²) >= 11 is 0. The molecule has 1 fully saturated rings. The molecule has 4 unspecified atom stereocenters. The zero-order valence-corrected chi connectivity index (χ0v) is 10.7. The van der Waals surface area contributed by atoms with Crippen LogP contribution in [0.5, 0.6) is 0 Å². The highest BCUT2D eigenvalue weighted by atomic mass is 15.2. The second kappa shape index (κ2) is 5.66. The largest absolute Gasteiger partial charge is 0.311 e. The Kier molecular flexibility index (Phi) is 4.81. The maximum Gasteiger partial charge on any atom is 0.0251 e. The SMILES string of the molecule is C=CC(C)N1CC(C(C)CC)NCC1C. The van der Waals surface area contributed by atoms with E-state index in [-0.39, 0.29) is 0 Å². The van der Waals surface area contributed by atoms with Gasteiger partial charge in [0.15, 0.2) is 0 Å². The van der Waals surface area contributed by atoms with E-state index in [4.69, 9.17) is 0 Å². The Morgan fingerprint density at radius 1 is 1.53 bits per heavy atom. The van der Waals surface area contributed by atoms with Crippen LogP contribution in [0.4, 0.5) is 0 Å². The molecule has 1 aliphatic rings. The Hall–Kier alpha value is -0.340. The third-order valence-electron chi connectivity index (χ3n) is 3.84. The molecule has 0 radical (unpaired) electrons.